The first-order valence-corrected chi connectivity index (χ1v) is 14.7. The molecule has 1 atom stereocenters. The van der Waals surface area contributed by atoms with Crippen molar-refractivity contribution in [2.75, 3.05) is 4.90 Å². The minimum absolute atomic E-state index is 0.0576. The van der Waals surface area contributed by atoms with Crippen LogP contribution in [0.5, 0.6) is 0 Å². The molecule has 10 rings (SSSR count). The molecule has 3 heterocycles. The van der Waals surface area contributed by atoms with Crippen molar-refractivity contribution in [1.82, 2.24) is 4.58 Å². The Morgan fingerprint density at radius 2 is 1.55 bits per heavy atom. The fourth-order valence-electron chi connectivity index (χ4n) is 8.06. The Labute approximate surface area is 244 Å². The summed E-state index contributed by atoms with van der Waals surface area (Å²) in [6, 6.07) is 37.7. The van der Waals surface area contributed by atoms with Crippen LogP contribution in [0.2, 0.25) is 0 Å². The van der Waals surface area contributed by atoms with Crippen LogP contribution in [0.15, 0.2) is 126 Å². The lowest BCUT2D eigenvalue weighted by Crippen LogP contribution is -2.43. The van der Waals surface area contributed by atoms with E-state index in [4.69, 9.17) is 4.42 Å². The molecular weight excluding hydrogens is 512 g/mol. The molecule has 0 bridgehead atoms. The number of hydrogen-bond acceptors (Lipinski definition) is 2. The Morgan fingerprint density at radius 3 is 2.50 bits per heavy atom. The molecule has 0 amide bonds. The molecule has 3 heteroatoms. The number of anilines is 2. The average molecular weight is 540 g/mol. The van der Waals surface area contributed by atoms with Crippen LogP contribution in [-0.4, -0.2) is 11.8 Å². The minimum atomic E-state index is -0.0576. The molecule has 0 radical (unpaired) electrons. The third kappa shape index (κ3) is 2.60. The second-order valence-corrected chi connectivity index (χ2v) is 12.3. The van der Waals surface area contributed by atoms with Gasteiger partial charge in [0.15, 0.2) is 0 Å². The Morgan fingerprint density at radius 1 is 0.738 bits per heavy atom. The van der Waals surface area contributed by atoms with Gasteiger partial charge in [-0.25, -0.2) is 0 Å². The van der Waals surface area contributed by atoms with E-state index in [-0.39, 0.29) is 11.5 Å². The molecule has 2 aliphatic carbocycles. The zero-order valence-electron chi connectivity index (χ0n) is 23.4. The molecule has 3 nitrogen and oxygen atoms in total. The number of allylic oxidation sites excluding steroid dienone is 2. The first-order chi connectivity index (χ1) is 20.6. The van der Waals surface area contributed by atoms with Crippen LogP contribution in [-0.2, 0) is 5.41 Å². The van der Waals surface area contributed by atoms with Gasteiger partial charge in [0.25, 0.3) is 0 Å². The number of furan rings is 1. The van der Waals surface area contributed by atoms with Gasteiger partial charge in [-0.05, 0) is 58.2 Å². The molecule has 0 spiro atoms. The van der Waals surface area contributed by atoms with Crippen molar-refractivity contribution in [2.45, 2.75) is 25.3 Å². The van der Waals surface area contributed by atoms with Crippen molar-refractivity contribution in [3.63, 3.8) is 0 Å². The summed E-state index contributed by atoms with van der Waals surface area (Å²) < 4.78 is 9.07. The third-order valence-electron chi connectivity index (χ3n) is 9.91. The van der Waals surface area contributed by atoms with Crippen molar-refractivity contribution in [3.8, 4) is 11.1 Å². The van der Waals surface area contributed by atoms with Crippen LogP contribution in [0.4, 0.5) is 22.7 Å². The molecule has 0 N–H and O–H groups in total. The molecule has 0 saturated carbocycles. The first-order valence-electron chi connectivity index (χ1n) is 14.7. The summed E-state index contributed by atoms with van der Waals surface area (Å²) in [5.41, 5.74) is 15.9. The maximum absolute atomic E-state index is 6.58. The molecular formula is C39H27N2O+. The van der Waals surface area contributed by atoms with Crippen LogP contribution >= 0.6 is 0 Å². The number of rotatable bonds is 1. The van der Waals surface area contributed by atoms with Crippen molar-refractivity contribution >= 4 is 56.0 Å². The third-order valence-corrected chi connectivity index (χ3v) is 9.91. The van der Waals surface area contributed by atoms with Gasteiger partial charge in [-0.3, -0.25) is 0 Å². The van der Waals surface area contributed by atoms with Crippen LogP contribution in [0.25, 0.3) is 38.6 Å². The SMILES string of the molecule is CC1(C)c2ccccc2-c2ccc([N+]3=C4C=CC=C5c6c(ccc7c6oc6ccccc67)N(c6ccccc63)C54)cc21. The van der Waals surface area contributed by atoms with E-state index >= 15 is 0 Å². The van der Waals surface area contributed by atoms with E-state index < -0.39 is 0 Å². The molecule has 42 heavy (non-hydrogen) atoms. The Balaban J connectivity index is 1.24. The van der Waals surface area contributed by atoms with Crippen molar-refractivity contribution < 1.29 is 4.42 Å². The van der Waals surface area contributed by atoms with Gasteiger partial charge in [0, 0.05) is 46.0 Å². The highest BCUT2D eigenvalue weighted by Crippen LogP contribution is 2.55. The van der Waals surface area contributed by atoms with Gasteiger partial charge in [0.05, 0.1) is 5.69 Å². The highest BCUT2D eigenvalue weighted by molar-refractivity contribution is 6.24. The normalized spacial score (nSPS) is 18.6. The molecule has 4 aliphatic rings. The van der Waals surface area contributed by atoms with E-state index in [9.17, 15) is 0 Å². The summed E-state index contributed by atoms with van der Waals surface area (Å²) in [4.78, 5) is 2.52. The standard InChI is InChI=1S/C39H27N2O/c1-39(2)29-13-5-3-10-24(29)25-19-18-23(22-30(25)39)40-31-14-6-7-15-32(31)41-33-21-20-27-26-11-4-8-17-35(26)42-38(27)36(33)28-12-9-16-34(40)37(28)41/h3-22,37H,1-2H3/q+1. The summed E-state index contributed by atoms with van der Waals surface area (Å²) >= 11 is 0. The van der Waals surface area contributed by atoms with Crippen LogP contribution in [0.3, 0.4) is 0 Å². The lowest BCUT2D eigenvalue weighted by molar-refractivity contribution is 0.660. The van der Waals surface area contributed by atoms with Crippen molar-refractivity contribution in [1.29, 1.82) is 0 Å². The molecule has 2 aliphatic heterocycles. The fourth-order valence-corrected chi connectivity index (χ4v) is 8.06. The second-order valence-electron chi connectivity index (χ2n) is 12.3. The molecule has 0 saturated heterocycles. The van der Waals surface area contributed by atoms with Gasteiger partial charge < -0.3 is 9.32 Å². The average Bonchev–Trinajstić information content (AvgIpc) is 3.65. The van der Waals surface area contributed by atoms with E-state index in [0.717, 1.165) is 11.2 Å². The van der Waals surface area contributed by atoms with Gasteiger partial charge in [-0.15, -0.1) is 0 Å². The summed E-state index contributed by atoms with van der Waals surface area (Å²) in [6.07, 6.45) is 6.80. The van der Waals surface area contributed by atoms with Crippen molar-refractivity contribution in [2.24, 2.45) is 0 Å². The van der Waals surface area contributed by atoms with E-state index in [2.05, 4.69) is 139 Å². The number of fused-ring (bicyclic) bond motifs is 12. The van der Waals surface area contributed by atoms with E-state index in [1.54, 1.807) is 0 Å². The second kappa shape index (κ2) is 7.57. The molecule has 1 aromatic heterocycles. The first kappa shape index (κ1) is 22.5. The van der Waals surface area contributed by atoms with Crippen molar-refractivity contribution in [3.05, 3.63) is 138 Å². The highest BCUT2D eigenvalue weighted by Gasteiger charge is 2.49. The maximum atomic E-state index is 6.58. The Bertz CT molecular complexity index is 2290. The van der Waals surface area contributed by atoms with Crippen LogP contribution in [0, 0.1) is 0 Å². The summed E-state index contributed by atoms with van der Waals surface area (Å²) in [6.45, 7) is 4.71. The highest BCUT2D eigenvalue weighted by atomic mass is 16.3. The number of hydrogen-bond donors (Lipinski definition) is 0. The number of nitrogens with zero attached hydrogens (tertiary/aromatic N) is 2. The van der Waals surface area contributed by atoms with Gasteiger partial charge in [-0.1, -0.05) is 80.6 Å². The summed E-state index contributed by atoms with van der Waals surface area (Å²) in [5, 5.41) is 2.34. The Kier molecular flexibility index (Phi) is 4.06. The molecule has 6 aromatic rings. The van der Waals surface area contributed by atoms with Gasteiger partial charge >= 0.3 is 0 Å². The number of benzene rings is 5. The quantitative estimate of drug-likeness (QED) is 0.194. The lowest BCUT2D eigenvalue weighted by Gasteiger charge is -2.32. The minimum Gasteiger partial charge on any atom is -0.455 e. The predicted octanol–water partition coefficient (Wildman–Crippen LogP) is 9.66. The van der Waals surface area contributed by atoms with E-state index in [1.165, 1.54) is 72.6 Å². The molecule has 1 unspecified atom stereocenters. The fraction of sp³-hybridized carbons (Fsp3) is 0.103. The van der Waals surface area contributed by atoms with Crippen LogP contribution < -0.4 is 9.48 Å². The van der Waals surface area contributed by atoms with Gasteiger partial charge in [0.2, 0.25) is 17.1 Å². The monoisotopic (exact) mass is 539 g/mol. The van der Waals surface area contributed by atoms with Gasteiger partial charge in [0.1, 0.15) is 22.9 Å². The van der Waals surface area contributed by atoms with Gasteiger partial charge in [-0.2, -0.15) is 4.58 Å². The van der Waals surface area contributed by atoms with E-state index in [1.807, 2.05) is 6.07 Å². The zero-order valence-corrected chi connectivity index (χ0v) is 23.4. The molecule has 5 aromatic carbocycles. The predicted molar refractivity (Wildman–Crippen MR) is 174 cm³/mol. The number of para-hydroxylation sites is 3. The zero-order chi connectivity index (χ0) is 27.7. The lowest BCUT2D eigenvalue weighted by atomic mass is 9.82. The maximum Gasteiger partial charge on any atom is 0.235 e. The molecule has 198 valence electrons. The summed E-state index contributed by atoms with van der Waals surface area (Å²) in [7, 11) is 0. The smallest absolute Gasteiger partial charge is 0.235 e. The summed E-state index contributed by atoms with van der Waals surface area (Å²) in [5.74, 6) is 0. The van der Waals surface area contributed by atoms with Crippen LogP contribution in [0.1, 0.15) is 30.5 Å². The molecule has 0 fully saturated rings. The van der Waals surface area contributed by atoms with E-state index in [0.29, 0.717) is 0 Å². The largest absolute Gasteiger partial charge is 0.455 e. The Hall–Kier alpha value is -5.15. The topological polar surface area (TPSA) is 19.4 Å².